The minimum atomic E-state index is -4.35. The number of hydrogen-bond donors (Lipinski definition) is 2. The lowest BCUT2D eigenvalue weighted by Crippen LogP contribution is -2.38. The van der Waals surface area contributed by atoms with E-state index >= 15 is 0 Å². The van der Waals surface area contributed by atoms with E-state index in [2.05, 4.69) is 4.98 Å². The largest absolute Gasteiger partial charge is 0.416 e. The second-order valence-electron chi connectivity index (χ2n) is 5.08. The highest BCUT2D eigenvalue weighted by Gasteiger charge is 2.32. The van der Waals surface area contributed by atoms with Crippen molar-refractivity contribution >= 4 is 11.0 Å². The Labute approximate surface area is 125 Å². The molecule has 3 N–H and O–H groups in total. The highest BCUT2D eigenvalue weighted by atomic mass is 19.4. The van der Waals surface area contributed by atoms with E-state index in [1.54, 1.807) is 0 Å². The lowest BCUT2D eigenvalue weighted by Gasteiger charge is -2.05. The summed E-state index contributed by atoms with van der Waals surface area (Å²) >= 11 is 0. The molecule has 1 aromatic heterocycles. The number of benzene rings is 2. The third-order valence-corrected chi connectivity index (χ3v) is 3.60. The number of hydrogen-bond acceptors (Lipinski definition) is 1. The van der Waals surface area contributed by atoms with Crippen LogP contribution in [0.4, 0.5) is 13.2 Å². The van der Waals surface area contributed by atoms with Crippen LogP contribution in [0.5, 0.6) is 0 Å². The van der Waals surface area contributed by atoms with Gasteiger partial charge in [0.15, 0.2) is 11.0 Å². The molecule has 0 fully saturated rings. The lowest BCUT2D eigenvalue weighted by molar-refractivity contribution is -0.670. The lowest BCUT2D eigenvalue weighted by atomic mass is 10.2. The van der Waals surface area contributed by atoms with Crippen LogP contribution < -0.4 is 10.3 Å². The predicted octanol–water partition coefficient (Wildman–Crippen LogP) is 2.98. The van der Waals surface area contributed by atoms with Crippen molar-refractivity contribution in [2.24, 2.45) is 5.73 Å². The van der Waals surface area contributed by atoms with Crippen molar-refractivity contribution in [2.75, 3.05) is 0 Å². The summed E-state index contributed by atoms with van der Waals surface area (Å²) in [4.78, 5) is 2.98. The van der Waals surface area contributed by atoms with Gasteiger partial charge in [0.1, 0.15) is 6.54 Å². The highest BCUT2D eigenvalue weighted by molar-refractivity contribution is 5.72. The van der Waals surface area contributed by atoms with Crippen LogP contribution in [-0.2, 0) is 19.3 Å². The Morgan fingerprint density at radius 3 is 2.41 bits per heavy atom. The number of H-pyrrole nitrogens is 1. The molecule has 6 heteroatoms. The molecule has 0 unspecified atom stereocenters. The zero-order valence-corrected chi connectivity index (χ0v) is 11.7. The van der Waals surface area contributed by atoms with Crippen LogP contribution in [0.2, 0.25) is 0 Å². The van der Waals surface area contributed by atoms with Gasteiger partial charge in [-0.1, -0.05) is 30.3 Å². The Kier molecular flexibility index (Phi) is 3.62. The van der Waals surface area contributed by atoms with Crippen LogP contribution >= 0.6 is 0 Å². The molecule has 22 heavy (non-hydrogen) atoms. The van der Waals surface area contributed by atoms with E-state index in [0.717, 1.165) is 17.7 Å². The second-order valence-corrected chi connectivity index (χ2v) is 5.08. The zero-order chi connectivity index (χ0) is 15.7. The number of halogens is 3. The summed E-state index contributed by atoms with van der Waals surface area (Å²) in [5.74, 6) is 0.693. The third-order valence-electron chi connectivity index (χ3n) is 3.60. The maximum absolute atomic E-state index is 12.8. The monoisotopic (exact) mass is 306 g/mol. The van der Waals surface area contributed by atoms with E-state index in [1.807, 2.05) is 34.9 Å². The first-order chi connectivity index (χ1) is 10.5. The Morgan fingerprint density at radius 2 is 1.77 bits per heavy atom. The van der Waals surface area contributed by atoms with Crippen LogP contribution in [0.25, 0.3) is 11.0 Å². The molecule has 0 atom stereocenters. The van der Waals surface area contributed by atoms with E-state index in [1.165, 1.54) is 6.07 Å². The molecular formula is C16H15F3N3+. The normalized spacial score (nSPS) is 12.0. The fraction of sp³-hybridized carbons (Fsp3) is 0.188. The topological polar surface area (TPSA) is 45.7 Å². The smallest absolute Gasteiger partial charge is 0.320 e. The fourth-order valence-electron chi connectivity index (χ4n) is 2.52. The number of imidazole rings is 1. The molecule has 1 heterocycles. The van der Waals surface area contributed by atoms with E-state index in [-0.39, 0.29) is 6.54 Å². The number of fused-ring (bicyclic) bond motifs is 1. The molecule has 3 aromatic rings. The summed E-state index contributed by atoms with van der Waals surface area (Å²) in [6.45, 7) is 0.779. The number of alkyl halides is 3. The predicted molar refractivity (Wildman–Crippen MR) is 76.9 cm³/mol. The molecule has 0 spiro atoms. The van der Waals surface area contributed by atoms with E-state index in [9.17, 15) is 13.2 Å². The number of nitrogens with zero attached hydrogens (tertiary/aromatic N) is 1. The average molecular weight is 306 g/mol. The van der Waals surface area contributed by atoms with Gasteiger partial charge in [-0.3, -0.25) is 0 Å². The van der Waals surface area contributed by atoms with Gasteiger partial charge in [0, 0.05) is 6.07 Å². The highest BCUT2D eigenvalue weighted by Crippen LogP contribution is 2.30. The van der Waals surface area contributed by atoms with Crippen molar-refractivity contribution in [2.45, 2.75) is 19.3 Å². The number of aromatic amines is 1. The van der Waals surface area contributed by atoms with E-state index in [0.29, 0.717) is 23.4 Å². The van der Waals surface area contributed by atoms with Gasteiger partial charge in [-0.15, -0.1) is 0 Å². The van der Waals surface area contributed by atoms with Crippen LogP contribution in [0, 0.1) is 0 Å². The van der Waals surface area contributed by atoms with Gasteiger partial charge in [0.25, 0.3) is 5.82 Å². The Morgan fingerprint density at radius 1 is 1.05 bits per heavy atom. The van der Waals surface area contributed by atoms with Crippen LogP contribution in [0.3, 0.4) is 0 Å². The number of aromatic nitrogens is 2. The van der Waals surface area contributed by atoms with Crippen molar-refractivity contribution in [3.63, 3.8) is 0 Å². The molecule has 0 amide bonds. The van der Waals surface area contributed by atoms with Crippen LogP contribution in [0.1, 0.15) is 17.0 Å². The molecule has 0 aliphatic carbocycles. The van der Waals surface area contributed by atoms with Gasteiger partial charge in [0.05, 0.1) is 12.1 Å². The SMILES string of the molecule is NCc1[nH]c2cc(C(F)(F)F)ccc2[n+]1Cc1ccccc1. The van der Waals surface area contributed by atoms with Crippen molar-refractivity contribution in [1.82, 2.24) is 4.98 Å². The second kappa shape index (κ2) is 5.46. The van der Waals surface area contributed by atoms with Crippen LogP contribution in [-0.4, -0.2) is 4.98 Å². The van der Waals surface area contributed by atoms with Gasteiger partial charge < -0.3 is 5.73 Å². The third kappa shape index (κ3) is 2.69. The molecule has 0 saturated heterocycles. The van der Waals surface area contributed by atoms with Gasteiger partial charge in [-0.2, -0.15) is 13.2 Å². The number of nitrogens with two attached hydrogens (primary N) is 1. The average Bonchev–Trinajstić information content (AvgIpc) is 2.84. The molecule has 2 aromatic carbocycles. The van der Waals surface area contributed by atoms with Gasteiger partial charge in [-0.25, -0.2) is 9.55 Å². The number of nitrogens with one attached hydrogen (secondary N) is 1. The molecule has 0 aliphatic rings. The molecule has 3 nitrogen and oxygen atoms in total. The van der Waals surface area contributed by atoms with Crippen molar-refractivity contribution in [3.05, 3.63) is 65.5 Å². The van der Waals surface area contributed by atoms with Crippen molar-refractivity contribution in [1.29, 1.82) is 0 Å². The summed E-state index contributed by atoms with van der Waals surface area (Å²) < 4.78 is 40.3. The first-order valence-corrected chi connectivity index (χ1v) is 6.84. The molecular weight excluding hydrogens is 291 g/mol. The Bertz CT molecular complexity index is 791. The quantitative estimate of drug-likeness (QED) is 0.718. The van der Waals surface area contributed by atoms with Gasteiger partial charge in [-0.05, 0) is 17.7 Å². The summed E-state index contributed by atoms with van der Waals surface area (Å²) in [6.07, 6.45) is -4.35. The molecule has 0 radical (unpaired) electrons. The molecule has 0 bridgehead atoms. The zero-order valence-electron chi connectivity index (χ0n) is 11.7. The Balaban J connectivity index is 2.09. The maximum Gasteiger partial charge on any atom is 0.416 e. The van der Waals surface area contributed by atoms with Crippen molar-refractivity contribution in [3.8, 4) is 0 Å². The first-order valence-electron chi connectivity index (χ1n) is 6.84. The fourth-order valence-corrected chi connectivity index (χ4v) is 2.52. The molecule has 114 valence electrons. The minimum absolute atomic E-state index is 0.225. The van der Waals surface area contributed by atoms with E-state index in [4.69, 9.17) is 5.73 Å². The van der Waals surface area contributed by atoms with Gasteiger partial charge >= 0.3 is 6.18 Å². The standard InChI is InChI=1S/C16H14F3N3/c17-16(18,19)12-6-7-14-13(8-12)21-15(9-20)22(14)10-11-4-2-1-3-5-11/h1-8H,9-10,20H2/p+1. The number of rotatable bonds is 3. The minimum Gasteiger partial charge on any atom is -0.320 e. The Hall–Kier alpha value is -2.34. The van der Waals surface area contributed by atoms with Crippen LogP contribution in [0.15, 0.2) is 48.5 Å². The summed E-state index contributed by atoms with van der Waals surface area (Å²) in [6, 6.07) is 13.4. The van der Waals surface area contributed by atoms with Gasteiger partial charge in [0.2, 0.25) is 0 Å². The van der Waals surface area contributed by atoms with E-state index < -0.39 is 11.7 Å². The molecule has 0 saturated carbocycles. The summed E-state index contributed by atoms with van der Waals surface area (Å²) in [5.41, 5.74) is 7.25. The van der Waals surface area contributed by atoms with Crippen molar-refractivity contribution < 1.29 is 17.7 Å². The molecule has 3 rings (SSSR count). The first kappa shape index (κ1) is 14.6. The molecule has 0 aliphatic heterocycles. The maximum atomic E-state index is 12.8. The summed E-state index contributed by atoms with van der Waals surface area (Å²) in [7, 11) is 0. The summed E-state index contributed by atoms with van der Waals surface area (Å²) in [5, 5.41) is 0.